The zero-order chi connectivity index (χ0) is 22.7. The third-order valence-corrected chi connectivity index (χ3v) is 5.12. The van der Waals surface area contributed by atoms with Crippen molar-refractivity contribution in [3.8, 4) is 0 Å². The molecule has 0 spiro atoms. The molecule has 0 saturated heterocycles. The summed E-state index contributed by atoms with van der Waals surface area (Å²) < 4.78 is 22.4. The third-order valence-electron chi connectivity index (χ3n) is 3.31. The van der Waals surface area contributed by atoms with E-state index in [1.54, 1.807) is 6.07 Å². The fraction of sp³-hybridized carbons (Fsp3) is 0.150. The Kier molecular flexibility index (Phi) is 11.4. The Morgan fingerprint density at radius 3 is 2.20 bits per heavy atom. The molecule has 0 unspecified atom stereocenters. The van der Waals surface area contributed by atoms with E-state index in [1.807, 2.05) is 18.2 Å². The van der Waals surface area contributed by atoms with Crippen LogP contribution in [0.4, 0.5) is 4.39 Å². The molecule has 160 valence electrons. The summed E-state index contributed by atoms with van der Waals surface area (Å²) in [7, 11) is 2.71. The summed E-state index contributed by atoms with van der Waals surface area (Å²) in [6.45, 7) is 0. The number of hydrogen-bond acceptors (Lipinski definition) is 7. The molecule has 1 aromatic heterocycles. The minimum atomic E-state index is -0.581. The van der Waals surface area contributed by atoms with Crippen molar-refractivity contribution in [3.05, 3.63) is 68.8 Å². The van der Waals surface area contributed by atoms with Crippen molar-refractivity contribution in [1.82, 2.24) is 0 Å². The van der Waals surface area contributed by atoms with Crippen molar-refractivity contribution >= 4 is 75.5 Å². The van der Waals surface area contributed by atoms with Crippen LogP contribution in [0.15, 0.2) is 42.5 Å². The van der Waals surface area contributed by atoms with Crippen molar-refractivity contribution in [2.24, 2.45) is 0 Å². The van der Waals surface area contributed by atoms with E-state index in [-0.39, 0.29) is 23.3 Å². The van der Waals surface area contributed by atoms with Crippen LogP contribution in [0.5, 0.6) is 0 Å². The SMILES string of the molecule is COC(=O)CS.COC(=O)c1cc2ccc(Cl)cc2s1.O=Cc1ccc(Cl)cc1F. The van der Waals surface area contributed by atoms with Gasteiger partial charge in [-0.1, -0.05) is 29.3 Å². The Morgan fingerprint density at radius 1 is 1.07 bits per heavy atom. The van der Waals surface area contributed by atoms with E-state index in [0.29, 0.717) is 21.2 Å². The Labute approximate surface area is 192 Å². The van der Waals surface area contributed by atoms with E-state index in [9.17, 15) is 18.8 Å². The zero-order valence-corrected chi connectivity index (χ0v) is 19.1. The Balaban J connectivity index is 0.000000247. The molecule has 0 aliphatic carbocycles. The molecule has 3 rings (SSSR count). The monoisotopic (exact) mass is 490 g/mol. The predicted octanol–water partition coefficient (Wildman–Crippen LogP) is 5.72. The highest BCUT2D eigenvalue weighted by molar-refractivity contribution is 7.81. The van der Waals surface area contributed by atoms with Crippen LogP contribution in [-0.2, 0) is 14.3 Å². The fourth-order valence-corrected chi connectivity index (χ4v) is 3.41. The van der Waals surface area contributed by atoms with Gasteiger partial charge >= 0.3 is 11.9 Å². The number of aldehydes is 1. The number of hydrogen-bond donors (Lipinski definition) is 1. The van der Waals surface area contributed by atoms with Gasteiger partial charge in [-0.25, -0.2) is 9.18 Å². The Bertz CT molecular complexity index is 1020. The molecular weight excluding hydrogens is 474 g/mol. The van der Waals surface area contributed by atoms with Gasteiger partial charge in [-0.2, -0.15) is 12.6 Å². The Morgan fingerprint density at radius 2 is 1.70 bits per heavy atom. The molecule has 30 heavy (non-hydrogen) atoms. The summed E-state index contributed by atoms with van der Waals surface area (Å²) in [4.78, 5) is 31.8. The van der Waals surface area contributed by atoms with E-state index < -0.39 is 5.82 Å². The molecule has 1 heterocycles. The van der Waals surface area contributed by atoms with Crippen LogP contribution < -0.4 is 0 Å². The summed E-state index contributed by atoms with van der Waals surface area (Å²) >= 11 is 16.3. The molecule has 5 nitrogen and oxygen atoms in total. The van der Waals surface area contributed by atoms with Gasteiger partial charge in [-0.05, 0) is 41.8 Å². The van der Waals surface area contributed by atoms with Gasteiger partial charge in [-0.3, -0.25) is 9.59 Å². The molecule has 0 aliphatic rings. The van der Waals surface area contributed by atoms with E-state index in [2.05, 4.69) is 22.1 Å². The van der Waals surface area contributed by atoms with Crippen molar-refractivity contribution < 1.29 is 28.2 Å². The van der Waals surface area contributed by atoms with Crippen molar-refractivity contribution in [1.29, 1.82) is 0 Å². The number of ether oxygens (including phenoxy) is 2. The van der Waals surface area contributed by atoms with E-state index >= 15 is 0 Å². The van der Waals surface area contributed by atoms with E-state index in [4.69, 9.17) is 23.2 Å². The van der Waals surface area contributed by atoms with Crippen molar-refractivity contribution in [3.63, 3.8) is 0 Å². The smallest absolute Gasteiger partial charge is 0.348 e. The molecule has 0 aliphatic heterocycles. The lowest BCUT2D eigenvalue weighted by Crippen LogP contribution is -1.99. The molecule has 2 aromatic carbocycles. The number of thiol groups is 1. The second-order valence-electron chi connectivity index (χ2n) is 5.30. The molecule has 0 amide bonds. The molecule has 0 saturated carbocycles. The van der Waals surface area contributed by atoms with Crippen LogP contribution >= 0.6 is 47.2 Å². The largest absolute Gasteiger partial charge is 0.468 e. The Hall–Kier alpha value is -2.13. The number of carbonyl (C=O) groups excluding carboxylic acids is 3. The minimum Gasteiger partial charge on any atom is -0.468 e. The first-order chi connectivity index (χ1) is 14.2. The minimum absolute atomic E-state index is 0.0319. The number of thiophene rings is 1. The zero-order valence-electron chi connectivity index (χ0n) is 15.9. The third kappa shape index (κ3) is 8.31. The van der Waals surface area contributed by atoms with Crippen molar-refractivity contribution in [2.45, 2.75) is 0 Å². The molecule has 3 aromatic rings. The van der Waals surface area contributed by atoms with Gasteiger partial charge in [0.25, 0.3) is 0 Å². The summed E-state index contributed by atoms with van der Waals surface area (Å²) in [6.07, 6.45) is 0.450. The van der Waals surface area contributed by atoms with Crippen molar-refractivity contribution in [2.75, 3.05) is 20.0 Å². The maximum atomic E-state index is 12.5. The highest BCUT2D eigenvalue weighted by Crippen LogP contribution is 2.28. The number of methoxy groups -OCH3 is 2. The van der Waals surface area contributed by atoms with E-state index in [0.717, 1.165) is 16.2 Å². The highest BCUT2D eigenvalue weighted by Gasteiger charge is 2.09. The maximum Gasteiger partial charge on any atom is 0.348 e. The average molecular weight is 491 g/mol. The van der Waals surface area contributed by atoms with Gasteiger partial charge in [0.05, 0.1) is 25.5 Å². The number of carbonyl (C=O) groups is 3. The number of benzene rings is 2. The molecular formula is C20H17Cl2FO5S2. The predicted molar refractivity (Wildman–Crippen MR) is 121 cm³/mol. The van der Waals surface area contributed by atoms with Gasteiger partial charge in [0.15, 0.2) is 6.29 Å². The van der Waals surface area contributed by atoms with Crippen LogP contribution in [0, 0.1) is 5.82 Å². The van der Waals surface area contributed by atoms with Crippen LogP contribution in [0.2, 0.25) is 10.0 Å². The summed E-state index contributed by atoms with van der Waals surface area (Å²) in [5.41, 5.74) is 0.0319. The van der Waals surface area contributed by atoms with Crippen LogP contribution in [0.3, 0.4) is 0 Å². The average Bonchev–Trinajstić information content (AvgIpc) is 3.16. The molecule has 0 radical (unpaired) electrons. The number of fused-ring (bicyclic) bond motifs is 1. The first-order valence-electron chi connectivity index (χ1n) is 8.11. The normalized spacial score (nSPS) is 9.53. The van der Waals surface area contributed by atoms with E-state index in [1.165, 1.54) is 37.7 Å². The summed E-state index contributed by atoms with van der Waals surface area (Å²) in [5.74, 6) is -1.01. The lowest BCUT2D eigenvalue weighted by Gasteiger charge is -1.92. The lowest BCUT2D eigenvalue weighted by atomic mass is 10.2. The van der Waals surface area contributed by atoms with Gasteiger partial charge in [-0.15, -0.1) is 11.3 Å². The van der Waals surface area contributed by atoms with Gasteiger partial charge in [0, 0.05) is 14.7 Å². The highest BCUT2D eigenvalue weighted by atomic mass is 35.5. The first kappa shape index (κ1) is 25.9. The lowest BCUT2D eigenvalue weighted by molar-refractivity contribution is -0.137. The number of halogens is 3. The molecule has 0 fully saturated rings. The fourth-order valence-electron chi connectivity index (χ4n) is 1.87. The number of esters is 2. The quantitative estimate of drug-likeness (QED) is 0.288. The summed E-state index contributed by atoms with van der Waals surface area (Å²) in [5, 5.41) is 1.98. The van der Waals surface area contributed by atoms with Crippen LogP contribution in [0.25, 0.3) is 10.1 Å². The van der Waals surface area contributed by atoms with Crippen LogP contribution in [0.1, 0.15) is 20.0 Å². The second-order valence-corrected chi connectivity index (χ2v) is 7.58. The second kappa shape index (κ2) is 13.2. The van der Waals surface area contributed by atoms with Gasteiger partial charge < -0.3 is 9.47 Å². The summed E-state index contributed by atoms with van der Waals surface area (Å²) in [6, 6.07) is 11.2. The van der Waals surface area contributed by atoms with Gasteiger partial charge in [0.2, 0.25) is 0 Å². The molecule has 0 bridgehead atoms. The molecule has 0 N–H and O–H groups in total. The maximum absolute atomic E-state index is 12.5. The molecule has 10 heteroatoms. The van der Waals surface area contributed by atoms with Crippen LogP contribution in [-0.4, -0.2) is 38.2 Å². The topological polar surface area (TPSA) is 69.7 Å². The standard InChI is InChI=1S/C10H7ClO2S.C7H4ClFO.C3H6O2S/c1-13-10(12)9-4-6-2-3-7(11)5-8(6)14-9;8-6-2-1-5(4-10)7(9)3-6;1-5-3(4)2-6/h2-5H,1H3;1-4H;6H,2H2,1H3. The number of rotatable bonds is 3. The molecule has 0 atom stereocenters. The van der Waals surface area contributed by atoms with Gasteiger partial charge in [0.1, 0.15) is 10.7 Å². The first-order valence-corrected chi connectivity index (χ1v) is 10.3.